The summed E-state index contributed by atoms with van der Waals surface area (Å²) < 4.78 is 0. The van der Waals surface area contributed by atoms with Crippen LogP contribution < -0.4 is 0 Å². The Bertz CT molecular complexity index is 803. The molecule has 0 atom stereocenters. The van der Waals surface area contributed by atoms with Gasteiger partial charge in [0.25, 0.3) is 0 Å². The minimum absolute atomic E-state index is 0.00386. The van der Waals surface area contributed by atoms with Gasteiger partial charge in [0.15, 0.2) is 0 Å². The van der Waals surface area contributed by atoms with Crippen molar-refractivity contribution < 1.29 is 4.79 Å². The van der Waals surface area contributed by atoms with E-state index in [-0.39, 0.29) is 11.4 Å². The maximum Gasteiger partial charge on any atom is 0.227 e. The van der Waals surface area contributed by atoms with Crippen molar-refractivity contribution in [3.63, 3.8) is 0 Å². The molecular weight excluding hydrogens is 346 g/mol. The van der Waals surface area contributed by atoms with Gasteiger partial charge >= 0.3 is 0 Å². The highest BCUT2D eigenvalue weighted by molar-refractivity contribution is 7.11. The number of fused-ring (bicyclic) bond motifs is 2. The molecular formula is C19H27N5OS. The SMILES string of the molecule is CCN1CCc2[nH]cnc2C12CCN(C(=O)Cc1sc(C)nc1C)CC2. The highest BCUT2D eigenvalue weighted by Gasteiger charge is 2.46. The predicted octanol–water partition coefficient (Wildman–Crippen LogP) is 2.42. The Kier molecular flexibility index (Phi) is 4.61. The molecule has 1 spiro atoms. The van der Waals surface area contributed by atoms with Crippen LogP contribution in [0.15, 0.2) is 6.33 Å². The van der Waals surface area contributed by atoms with E-state index in [2.05, 4.69) is 26.8 Å². The van der Waals surface area contributed by atoms with Gasteiger partial charge in [-0.3, -0.25) is 9.69 Å². The molecule has 7 heteroatoms. The van der Waals surface area contributed by atoms with Crippen molar-refractivity contribution in [2.45, 2.75) is 52.0 Å². The maximum absolute atomic E-state index is 12.8. The monoisotopic (exact) mass is 373 g/mol. The molecule has 0 radical (unpaired) electrons. The molecule has 1 saturated heterocycles. The number of H-pyrrole nitrogens is 1. The number of carbonyl (C=O) groups is 1. The van der Waals surface area contributed by atoms with Crippen molar-refractivity contribution in [3.05, 3.63) is 33.3 Å². The van der Waals surface area contributed by atoms with Crippen molar-refractivity contribution in [1.82, 2.24) is 24.8 Å². The molecule has 2 aromatic heterocycles. The summed E-state index contributed by atoms with van der Waals surface area (Å²) in [7, 11) is 0. The van der Waals surface area contributed by atoms with Crippen molar-refractivity contribution in [2.75, 3.05) is 26.2 Å². The largest absolute Gasteiger partial charge is 0.348 e. The number of likely N-dealkylation sites (tertiary alicyclic amines) is 1. The van der Waals surface area contributed by atoms with Gasteiger partial charge in [0.05, 0.1) is 34.7 Å². The lowest BCUT2D eigenvalue weighted by molar-refractivity contribution is -0.133. The zero-order valence-electron chi connectivity index (χ0n) is 15.8. The Morgan fingerprint density at radius 3 is 2.73 bits per heavy atom. The molecule has 26 heavy (non-hydrogen) atoms. The van der Waals surface area contributed by atoms with Gasteiger partial charge in [-0.05, 0) is 33.2 Å². The number of hydrogen-bond donors (Lipinski definition) is 1. The number of aromatic amines is 1. The molecule has 2 aliphatic rings. The minimum Gasteiger partial charge on any atom is -0.348 e. The smallest absolute Gasteiger partial charge is 0.227 e. The fraction of sp³-hybridized carbons (Fsp3) is 0.632. The molecule has 4 heterocycles. The highest BCUT2D eigenvalue weighted by atomic mass is 32.1. The maximum atomic E-state index is 12.8. The van der Waals surface area contributed by atoms with Gasteiger partial charge in [-0.25, -0.2) is 9.97 Å². The van der Waals surface area contributed by atoms with Crippen LogP contribution in [0.4, 0.5) is 0 Å². The van der Waals surface area contributed by atoms with Crippen LogP contribution in [0.3, 0.4) is 0 Å². The quantitative estimate of drug-likeness (QED) is 0.897. The van der Waals surface area contributed by atoms with E-state index in [1.54, 1.807) is 11.3 Å². The number of imidazole rings is 1. The lowest BCUT2D eigenvalue weighted by Gasteiger charge is -2.50. The van der Waals surface area contributed by atoms with Gasteiger partial charge < -0.3 is 9.88 Å². The van der Waals surface area contributed by atoms with E-state index in [9.17, 15) is 4.79 Å². The fourth-order valence-electron chi connectivity index (χ4n) is 4.65. The Balaban J connectivity index is 1.48. The number of piperidine rings is 1. The van der Waals surface area contributed by atoms with Gasteiger partial charge in [0.1, 0.15) is 0 Å². The molecule has 0 bridgehead atoms. The first kappa shape index (κ1) is 17.7. The number of aromatic nitrogens is 3. The number of aryl methyl sites for hydroxylation is 2. The predicted molar refractivity (Wildman–Crippen MR) is 102 cm³/mol. The highest BCUT2D eigenvalue weighted by Crippen LogP contribution is 2.42. The number of amides is 1. The minimum atomic E-state index is -0.00386. The normalized spacial score (nSPS) is 19.7. The molecule has 6 nitrogen and oxygen atoms in total. The average Bonchev–Trinajstić information content (AvgIpc) is 3.23. The van der Waals surface area contributed by atoms with Crippen molar-refractivity contribution in [1.29, 1.82) is 0 Å². The van der Waals surface area contributed by atoms with Gasteiger partial charge in [-0.1, -0.05) is 6.92 Å². The van der Waals surface area contributed by atoms with Crippen LogP contribution in [0.25, 0.3) is 0 Å². The number of likely N-dealkylation sites (N-methyl/N-ethyl adjacent to an activating group) is 1. The molecule has 1 amide bonds. The third-order valence-corrected chi connectivity index (χ3v) is 7.11. The molecule has 1 fully saturated rings. The molecule has 0 saturated carbocycles. The Morgan fingerprint density at radius 1 is 1.31 bits per heavy atom. The molecule has 0 aliphatic carbocycles. The summed E-state index contributed by atoms with van der Waals surface area (Å²) in [5.41, 5.74) is 3.49. The summed E-state index contributed by atoms with van der Waals surface area (Å²) >= 11 is 1.64. The van der Waals surface area contributed by atoms with Crippen LogP contribution in [0.5, 0.6) is 0 Å². The first-order valence-corrected chi connectivity index (χ1v) is 10.3. The number of hydrogen-bond acceptors (Lipinski definition) is 5. The summed E-state index contributed by atoms with van der Waals surface area (Å²) in [5, 5.41) is 1.04. The molecule has 2 aromatic rings. The summed E-state index contributed by atoms with van der Waals surface area (Å²) in [6.07, 6.45) is 5.28. The molecule has 1 N–H and O–H groups in total. The number of nitrogens with one attached hydrogen (secondary N) is 1. The number of rotatable bonds is 3. The number of thiazole rings is 1. The average molecular weight is 374 g/mol. The summed E-state index contributed by atoms with van der Waals surface area (Å²) in [5.74, 6) is 0.229. The first-order valence-electron chi connectivity index (χ1n) is 9.52. The Hall–Kier alpha value is -1.73. The topological polar surface area (TPSA) is 65.1 Å². The van der Waals surface area contributed by atoms with E-state index >= 15 is 0 Å². The van der Waals surface area contributed by atoms with Gasteiger partial charge in [0, 0.05) is 36.6 Å². The van der Waals surface area contributed by atoms with Crippen LogP contribution in [-0.2, 0) is 23.2 Å². The molecule has 0 unspecified atom stereocenters. The zero-order valence-corrected chi connectivity index (χ0v) is 16.7. The fourth-order valence-corrected chi connectivity index (χ4v) is 5.58. The van der Waals surface area contributed by atoms with Crippen molar-refractivity contribution in [3.8, 4) is 0 Å². The molecule has 140 valence electrons. The second kappa shape index (κ2) is 6.78. The zero-order chi connectivity index (χ0) is 18.3. The lowest BCUT2D eigenvalue weighted by Crippen LogP contribution is -2.57. The first-order chi connectivity index (χ1) is 12.5. The number of carbonyl (C=O) groups excluding carboxylic acids is 1. The van der Waals surface area contributed by atoms with Crippen LogP contribution >= 0.6 is 11.3 Å². The Morgan fingerprint density at radius 2 is 2.08 bits per heavy atom. The summed E-state index contributed by atoms with van der Waals surface area (Å²) in [4.78, 5) is 31.0. The van der Waals surface area contributed by atoms with Crippen LogP contribution in [0.1, 0.15) is 46.7 Å². The standard InChI is InChI=1S/C19H27N5OS/c1-4-24-8-5-15-18(21-12-20-15)19(24)6-9-23(10-7-19)17(25)11-16-13(2)22-14(3)26-16/h12H,4-11H2,1-3H3,(H,20,21). The Labute approximate surface area is 158 Å². The van der Waals surface area contributed by atoms with E-state index in [0.29, 0.717) is 6.42 Å². The second-order valence-corrected chi connectivity index (χ2v) is 8.68. The third kappa shape index (κ3) is 2.87. The van der Waals surface area contributed by atoms with Crippen LogP contribution in [-0.4, -0.2) is 56.8 Å². The summed E-state index contributed by atoms with van der Waals surface area (Å²) in [6, 6.07) is 0. The van der Waals surface area contributed by atoms with E-state index < -0.39 is 0 Å². The third-order valence-electron chi connectivity index (χ3n) is 6.03. The van der Waals surface area contributed by atoms with Crippen LogP contribution in [0.2, 0.25) is 0 Å². The lowest BCUT2D eigenvalue weighted by atomic mass is 9.78. The van der Waals surface area contributed by atoms with Crippen molar-refractivity contribution in [2.24, 2.45) is 0 Å². The van der Waals surface area contributed by atoms with E-state index in [1.165, 1.54) is 11.4 Å². The van der Waals surface area contributed by atoms with Gasteiger partial charge in [-0.15, -0.1) is 11.3 Å². The van der Waals surface area contributed by atoms with E-state index in [4.69, 9.17) is 0 Å². The van der Waals surface area contributed by atoms with E-state index in [0.717, 1.165) is 61.0 Å². The summed E-state index contributed by atoms with van der Waals surface area (Å²) in [6.45, 7) is 9.93. The van der Waals surface area contributed by atoms with Crippen LogP contribution in [0, 0.1) is 13.8 Å². The second-order valence-electron chi connectivity index (χ2n) is 7.39. The molecule has 0 aromatic carbocycles. The van der Waals surface area contributed by atoms with Crippen molar-refractivity contribution >= 4 is 17.2 Å². The number of nitrogens with zero attached hydrogens (tertiary/aromatic N) is 4. The van der Waals surface area contributed by atoms with E-state index in [1.807, 2.05) is 25.1 Å². The molecule has 2 aliphatic heterocycles. The van der Waals surface area contributed by atoms with Gasteiger partial charge in [-0.2, -0.15) is 0 Å². The molecule has 4 rings (SSSR count). The van der Waals surface area contributed by atoms with Gasteiger partial charge in [0.2, 0.25) is 5.91 Å².